The van der Waals surface area contributed by atoms with Crippen LogP contribution in [0.25, 0.3) is 11.4 Å². The highest BCUT2D eigenvalue weighted by molar-refractivity contribution is 7.89. The first-order chi connectivity index (χ1) is 16.2. The van der Waals surface area contributed by atoms with Crippen molar-refractivity contribution in [1.29, 1.82) is 0 Å². The third-order valence-corrected chi connectivity index (χ3v) is 6.05. The summed E-state index contributed by atoms with van der Waals surface area (Å²) in [6.45, 7) is 4.16. The van der Waals surface area contributed by atoms with Gasteiger partial charge in [0.05, 0.1) is 24.7 Å². The number of amides is 2. The first-order valence-electron chi connectivity index (χ1n) is 11.4. The van der Waals surface area contributed by atoms with Crippen LogP contribution in [0.2, 0.25) is 0 Å². The van der Waals surface area contributed by atoms with Gasteiger partial charge >= 0.3 is 6.03 Å². The summed E-state index contributed by atoms with van der Waals surface area (Å²) in [7, 11) is 0.806. The molecule has 0 atom stereocenters. The van der Waals surface area contributed by atoms with Crippen molar-refractivity contribution in [2.45, 2.75) is 18.6 Å². The maximum Gasteiger partial charge on any atom is 0.319 e. The molecule has 2 N–H and O–H groups in total. The fourth-order valence-corrected chi connectivity index (χ4v) is 4.23. The Kier molecular flexibility index (Phi) is 9.20. The summed E-state index contributed by atoms with van der Waals surface area (Å²) in [6, 6.07) is 8.67. The molecule has 1 saturated heterocycles. The van der Waals surface area contributed by atoms with Crippen LogP contribution in [0.4, 0.5) is 16.3 Å². The van der Waals surface area contributed by atoms with Gasteiger partial charge in [-0.3, -0.25) is 0 Å². The molecule has 1 fully saturated rings. The average molecular weight is 491 g/mol. The van der Waals surface area contributed by atoms with Gasteiger partial charge in [-0.05, 0) is 57.7 Å². The van der Waals surface area contributed by atoms with Crippen molar-refractivity contribution >= 4 is 27.4 Å². The van der Waals surface area contributed by atoms with E-state index >= 15 is 0 Å². The summed E-state index contributed by atoms with van der Waals surface area (Å²) < 4.78 is 29.2. The second-order valence-corrected chi connectivity index (χ2v) is 10.8. The van der Waals surface area contributed by atoms with Crippen molar-refractivity contribution in [1.82, 2.24) is 20.2 Å². The number of aromatic nitrogens is 2. The first-order valence-corrected chi connectivity index (χ1v) is 13.4. The van der Waals surface area contributed by atoms with Crippen molar-refractivity contribution < 1.29 is 17.9 Å². The normalized spacial score (nSPS) is 14.3. The van der Waals surface area contributed by atoms with Crippen LogP contribution in [0.3, 0.4) is 0 Å². The topological polar surface area (TPSA) is 117 Å². The van der Waals surface area contributed by atoms with E-state index in [1.54, 1.807) is 18.2 Å². The SMILES string of the molecule is CN(C)CCCCNC(=O)Nc1ccc(-c2nc(CS(C)(=O)=O)cc(N3CCOCC3)n2)cc1. The predicted octanol–water partition coefficient (Wildman–Crippen LogP) is 1.99. The molecule has 1 aromatic carbocycles. The number of urea groups is 1. The van der Waals surface area contributed by atoms with Crippen LogP contribution in [0, 0.1) is 0 Å². The van der Waals surface area contributed by atoms with E-state index in [0.717, 1.165) is 24.9 Å². The summed E-state index contributed by atoms with van der Waals surface area (Å²) in [6.07, 6.45) is 3.13. The second-order valence-electron chi connectivity index (χ2n) is 8.68. The zero-order chi connectivity index (χ0) is 24.6. The number of hydrogen-bond donors (Lipinski definition) is 2. The molecule has 0 saturated carbocycles. The summed E-state index contributed by atoms with van der Waals surface area (Å²) in [5.41, 5.74) is 1.83. The lowest BCUT2D eigenvalue weighted by Gasteiger charge is -2.28. The van der Waals surface area contributed by atoms with Crippen molar-refractivity contribution in [2.24, 2.45) is 0 Å². The van der Waals surface area contributed by atoms with Gasteiger partial charge in [0.25, 0.3) is 0 Å². The molecule has 2 amide bonds. The number of carbonyl (C=O) groups is 1. The van der Waals surface area contributed by atoms with Crippen LogP contribution in [0.5, 0.6) is 0 Å². The third kappa shape index (κ3) is 8.54. The fourth-order valence-electron chi connectivity index (χ4n) is 3.54. The Balaban J connectivity index is 1.68. The maximum absolute atomic E-state index is 12.1. The molecule has 10 nitrogen and oxygen atoms in total. The first kappa shape index (κ1) is 25.9. The van der Waals surface area contributed by atoms with E-state index in [4.69, 9.17) is 4.74 Å². The third-order valence-electron chi connectivity index (χ3n) is 5.23. The van der Waals surface area contributed by atoms with Gasteiger partial charge in [0.15, 0.2) is 15.7 Å². The lowest BCUT2D eigenvalue weighted by atomic mass is 10.2. The number of ether oxygens (including phenoxy) is 1. The lowest BCUT2D eigenvalue weighted by molar-refractivity contribution is 0.122. The van der Waals surface area contributed by atoms with E-state index in [0.29, 0.717) is 55.9 Å². The van der Waals surface area contributed by atoms with E-state index in [1.165, 1.54) is 6.26 Å². The van der Waals surface area contributed by atoms with E-state index in [2.05, 4.69) is 30.4 Å². The van der Waals surface area contributed by atoms with Crippen molar-refractivity contribution in [3.05, 3.63) is 36.0 Å². The number of sulfone groups is 1. The second kappa shape index (κ2) is 12.1. The number of hydrogen-bond acceptors (Lipinski definition) is 8. The van der Waals surface area contributed by atoms with Crippen LogP contribution in [-0.4, -0.2) is 89.1 Å². The molecule has 11 heteroatoms. The molecular formula is C23H34N6O4S. The Labute approximate surface area is 201 Å². The Morgan fingerprint density at radius 3 is 2.47 bits per heavy atom. The largest absolute Gasteiger partial charge is 0.378 e. The van der Waals surface area contributed by atoms with E-state index in [9.17, 15) is 13.2 Å². The number of nitrogens with zero attached hydrogens (tertiary/aromatic N) is 4. The van der Waals surface area contributed by atoms with E-state index in [1.807, 2.05) is 26.2 Å². The molecule has 0 unspecified atom stereocenters. The average Bonchev–Trinajstić information content (AvgIpc) is 2.78. The van der Waals surface area contributed by atoms with E-state index in [-0.39, 0.29) is 11.8 Å². The molecule has 1 aliphatic heterocycles. The number of unbranched alkanes of at least 4 members (excludes halogenated alkanes) is 1. The van der Waals surface area contributed by atoms with E-state index < -0.39 is 9.84 Å². The van der Waals surface area contributed by atoms with Gasteiger partial charge in [0.1, 0.15) is 5.82 Å². The molecule has 3 rings (SSSR count). The van der Waals surface area contributed by atoms with Crippen molar-refractivity contribution in [3.8, 4) is 11.4 Å². The minimum atomic E-state index is -3.25. The van der Waals surface area contributed by atoms with Crippen molar-refractivity contribution in [3.63, 3.8) is 0 Å². The molecule has 1 aliphatic rings. The molecular weight excluding hydrogens is 456 g/mol. The highest BCUT2D eigenvalue weighted by Gasteiger charge is 2.17. The summed E-state index contributed by atoms with van der Waals surface area (Å²) in [5, 5.41) is 5.68. The monoisotopic (exact) mass is 490 g/mol. The quantitative estimate of drug-likeness (QED) is 0.486. The Hall–Kier alpha value is -2.76. The molecule has 1 aromatic heterocycles. The highest BCUT2D eigenvalue weighted by Crippen LogP contribution is 2.23. The molecule has 0 bridgehead atoms. The number of anilines is 2. The van der Waals surface area contributed by atoms with Crippen LogP contribution < -0.4 is 15.5 Å². The Morgan fingerprint density at radius 2 is 1.82 bits per heavy atom. The smallest absolute Gasteiger partial charge is 0.319 e. The number of carbonyl (C=O) groups excluding carboxylic acids is 1. The molecule has 2 aromatic rings. The fraction of sp³-hybridized carbons (Fsp3) is 0.522. The summed E-state index contributed by atoms with van der Waals surface area (Å²) in [5.74, 6) is 0.969. The van der Waals surface area contributed by atoms with Gasteiger partial charge in [-0.25, -0.2) is 23.2 Å². The molecule has 0 aliphatic carbocycles. The molecule has 186 valence electrons. The number of benzene rings is 1. The van der Waals surface area contributed by atoms with Crippen LogP contribution in [0.1, 0.15) is 18.5 Å². The zero-order valence-electron chi connectivity index (χ0n) is 20.1. The van der Waals surface area contributed by atoms with Gasteiger partial charge in [0.2, 0.25) is 0 Å². The number of morpholine rings is 1. The minimum absolute atomic E-state index is 0.159. The van der Waals surface area contributed by atoms with Gasteiger partial charge in [-0.15, -0.1) is 0 Å². The standard InChI is InChI=1S/C23H34N6O4S/c1-28(2)11-5-4-10-24-23(30)26-19-8-6-18(7-9-19)22-25-20(17-34(3,31)32)16-21(27-22)29-12-14-33-15-13-29/h6-9,16H,4-5,10-15,17H2,1-3H3,(H2,24,26,30). The molecule has 0 spiro atoms. The van der Waals surface area contributed by atoms with Gasteiger partial charge in [-0.1, -0.05) is 0 Å². The summed E-state index contributed by atoms with van der Waals surface area (Å²) in [4.78, 5) is 25.5. The maximum atomic E-state index is 12.1. The number of rotatable bonds is 10. The van der Waals surface area contributed by atoms with Crippen LogP contribution in [0.15, 0.2) is 30.3 Å². The number of nitrogens with one attached hydrogen (secondary N) is 2. The Bertz CT molecular complexity index is 1050. The highest BCUT2D eigenvalue weighted by atomic mass is 32.2. The van der Waals surface area contributed by atoms with Gasteiger partial charge < -0.3 is 25.2 Å². The lowest BCUT2D eigenvalue weighted by Crippen LogP contribution is -2.37. The summed E-state index contributed by atoms with van der Waals surface area (Å²) >= 11 is 0. The van der Waals surface area contributed by atoms with Crippen LogP contribution >= 0.6 is 0 Å². The van der Waals surface area contributed by atoms with Gasteiger partial charge in [-0.2, -0.15) is 0 Å². The van der Waals surface area contributed by atoms with Crippen LogP contribution in [-0.2, 0) is 20.3 Å². The van der Waals surface area contributed by atoms with Gasteiger partial charge in [0, 0.05) is 43.2 Å². The molecule has 34 heavy (non-hydrogen) atoms. The molecule has 0 radical (unpaired) electrons. The molecule has 2 heterocycles. The minimum Gasteiger partial charge on any atom is -0.378 e. The Morgan fingerprint density at radius 1 is 1.12 bits per heavy atom. The van der Waals surface area contributed by atoms with Crippen molar-refractivity contribution in [2.75, 3.05) is 70.0 Å². The zero-order valence-corrected chi connectivity index (χ0v) is 20.9. The predicted molar refractivity (Wildman–Crippen MR) is 134 cm³/mol.